The lowest BCUT2D eigenvalue weighted by Crippen LogP contribution is -2.02. The van der Waals surface area contributed by atoms with E-state index >= 15 is 0 Å². The van der Waals surface area contributed by atoms with Gasteiger partial charge in [-0.3, -0.25) is 4.79 Å². The Morgan fingerprint density at radius 3 is 2.63 bits per heavy atom. The lowest BCUT2D eigenvalue weighted by Gasteiger charge is -2.09. The third-order valence-corrected chi connectivity index (χ3v) is 3.79. The van der Waals surface area contributed by atoms with E-state index in [0.717, 1.165) is 12.0 Å². The van der Waals surface area contributed by atoms with E-state index < -0.39 is 0 Å². The highest BCUT2D eigenvalue weighted by Gasteiger charge is 2.06. The minimum atomic E-state index is 0.411. The zero-order chi connectivity index (χ0) is 13.5. The topological polar surface area (TPSA) is 26.3 Å². The summed E-state index contributed by atoms with van der Waals surface area (Å²) >= 11 is 7.63. The van der Waals surface area contributed by atoms with E-state index in [-0.39, 0.29) is 0 Å². The Balaban J connectivity index is 1.86. The van der Waals surface area contributed by atoms with Gasteiger partial charge in [0.1, 0.15) is 5.75 Å². The summed E-state index contributed by atoms with van der Waals surface area (Å²) in [6.45, 7) is 0.529. The van der Waals surface area contributed by atoms with Gasteiger partial charge in [0, 0.05) is 10.6 Å². The Morgan fingerprint density at radius 1 is 1.11 bits per heavy atom. The molecule has 0 bridgehead atoms. The second kappa shape index (κ2) is 7.22. The van der Waals surface area contributed by atoms with Gasteiger partial charge in [0.15, 0.2) is 6.29 Å². The molecule has 0 saturated carbocycles. The smallest absolute Gasteiger partial charge is 0.155 e. The van der Waals surface area contributed by atoms with Gasteiger partial charge in [0.25, 0.3) is 0 Å². The number of ether oxygens (including phenoxy) is 1. The van der Waals surface area contributed by atoms with Crippen LogP contribution in [0.5, 0.6) is 5.75 Å². The van der Waals surface area contributed by atoms with Gasteiger partial charge < -0.3 is 4.74 Å². The summed E-state index contributed by atoms with van der Waals surface area (Å²) in [5, 5.41) is 0.420. The number of hydrogen-bond donors (Lipinski definition) is 0. The number of halogens is 1. The van der Waals surface area contributed by atoms with Crippen molar-refractivity contribution in [3.8, 4) is 5.75 Å². The SMILES string of the molecule is O=Cc1c(Cl)cccc1OCCSc1ccccc1. The molecule has 98 valence electrons. The molecule has 0 unspecified atom stereocenters. The van der Waals surface area contributed by atoms with Crippen molar-refractivity contribution in [3.05, 3.63) is 59.1 Å². The van der Waals surface area contributed by atoms with E-state index in [2.05, 4.69) is 12.1 Å². The molecule has 2 rings (SSSR count). The van der Waals surface area contributed by atoms with Crippen molar-refractivity contribution in [3.63, 3.8) is 0 Å². The quantitative estimate of drug-likeness (QED) is 0.450. The highest BCUT2D eigenvalue weighted by molar-refractivity contribution is 7.99. The van der Waals surface area contributed by atoms with Crippen LogP contribution in [0, 0.1) is 0 Å². The van der Waals surface area contributed by atoms with Gasteiger partial charge in [-0.15, -0.1) is 11.8 Å². The van der Waals surface area contributed by atoms with Crippen LogP contribution in [0.1, 0.15) is 10.4 Å². The van der Waals surface area contributed by atoms with Crippen LogP contribution in [-0.4, -0.2) is 18.6 Å². The van der Waals surface area contributed by atoms with E-state index in [1.807, 2.05) is 18.2 Å². The minimum Gasteiger partial charge on any atom is -0.492 e. The molecule has 4 heteroatoms. The van der Waals surface area contributed by atoms with Gasteiger partial charge in [0.2, 0.25) is 0 Å². The predicted molar refractivity (Wildman–Crippen MR) is 79.5 cm³/mol. The fourth-order valence-corrected chi connectivity index (χ4v) is 2.55. The Labute approximate surface area is 121 Å². The summed E-state index contributed by atoms with van der Waals surface area (Å²) in [6.07, 6.45) is 0.724. The van der Waals surface area contributed by atoms with Gasteiger partial charge in [0.05, 0.1) is 17.2 Å². The maximum Gasteiger partial charge on any atom is 0.155 e. The van der Waals surface area contributed by atoms with Crippen molar-refractivity contribution < 1.29 is 9.53 Å². The summed E-state index contributed by atoms with van der Waals surface area (Å²) in [5.74, 6) is 1.35. The molecule has 0 aromatic heterocycles. The van der Waals surface area contributed by atoms with Gasteiger partial charge in [-0.1, -0.05) is 35.9 Å². The molecule has 2 nitrogen and oxygen atoms in total. The fraction of sp³-hybridized carbons (Fsp3) is 0.133. The maximum absolute atomic E-state index is 10.9. The number of carbonyl (C=O) groups is 1. The normalized spacial score (nSPS) is 10.2. The fourth-order valence-electron chi connectivity index (χ4n) is 1.59. The Kier molecular flexibility index (Phi) is 5.31. The number of rotatable bonds is 6. The predicted octanol–water partition coefficient (Wildman–Crippen LogP) is 4.32. The third-order valence-electron chi connectivity index (χ3n) is 2.48. The van der Waals surface area contributed by atoms with Crippen LogP contribution in [0.2, 0.25) is 5.02 Å². The maximum atomic E-state index is 10.9. The van der Waals surface area contributed by atoms with E-state index in [0.29, 0.717) is 22.9 Å². The number of aldehydes is 1. The number of benzene rings is 2. The summed E-state index contributed by atoms with van der Waals surface area (Å²) in [7, 11) is 0. The van der Waals surface area contributed by atoms with Gasteiger partial charge in [-0.05, 0) is 24.3 Å². The first kappa shape index (κ1) is 14.0. The van der Waals surface area contributed by atoms with E-state index in [9.17, 15) is 4.79 Å². The monoisotopic (exact) mass is 292 g/mol. The lowest BCUT2D eigenvalue weighted by molar-refractivity contribution is 0.112. The first-order valence-corrected chi connectivity index (χ1v) is 7.22. The van der Waals surface area contributed by atoms with Gasteiger partial charge in [-0.2, -0.15) is 0 Å². The molecule has 0 atom stereocenters. The molecule has 0 fully saturated rings. The molecule has 19 heavy (non-hydrogen) atoms. The van der Waals surface area contributed by atoms with Crippen LogP contribution >= 0.6 is 23.4 Å². The van der Waals surface area contributed by atoms with Crippen LogP contribution < -0.4 is 4.74 Å². The minimum absolute atomic E-state index is 0.411. The van der Waals surface area contributed by atoms with Crippen LogP contribution in [0.15, 0.2) is 53.4 Å². The Morgan fingerprint density at radius 2 is 1.89 bits per heavy atom. The number of hydrogen-bond acceptors (Lipinski definition) is 3. The molecule has 0 heterocycles. The zero-order valence-corrected chi connectivity index (χ0v) is 11.8. The van der Waals surface area contributed by atoms with Gasteiger partial charge in [-0.25, -0.2) is 0 Å². The molecule has 2 aromatic carbocycles. The average Bonchev–Trinajstić information content (AvgIpc) is 2.45. The van der Waals surface area contributed by atoms with Crippen molar-refractivity contribution in [2.24, 2.45) is 0 Å². The van der Waals surface area contributed by atoms with E-state index in [1.54, 1.807) is 30.0 Å². The molecule has 0 amide bonds. The summed E-state index contributed by atoms with van der Waals surface area (Å²) in [5.41, 5.74) is 0.411. The largest absolute Gasteiger partial charge is 0.492 e. The van der Waals surface area contributed by atoms with Crippen LogP contribution in [0.3, 0.4) is 0 Å². The van der Waals surface area contributed by atoms with Crippen LogP contribution in [0.25, 0.3) is 0 Å². The Hall–Kier alpha value is -1.45. The standard InChI is InChI=1S/C15H13ClO2S/c16-14-7-4-8-15(13(14)11-17)18-9-10-19-12-5-2-1-3-6-12/h1-8,11H,9-10H2. The second-order valence-corrected chi connectivity index (χ2v) is 5.36. The van der Waals surface area contributed by atoms with Crippen molar-refractivity contribution in [1.29, 1.82) is 0 Å². The highest BCUT2D eigenvalue weighted by atomic mass is 35.5. The Bertz CT molecular complexity index is 543. The molecule has 0 aliphatic rings. The van der Waals surface area contributed by atoms with Crippen molar-refractivity contribution in [2.45, 2.75) is 4.90 Å². The molecule has 0 aliphatic heterocycles. The van der Waals surface area contributed by atoms with Crippen LogP contribution in [-0.2, 0) is 0 Å². The molecule has 0 radical (unpaired) electrons. The van der Waals surface area contributed by atoms with Crippen molar-refractivity contribution in [2.75, 3.05) is 12.4 Å². The molecule has 0 N–H and O–H groups in total. The molecule has 2 aromatic rings. The van der Waals surface area contributed by atoms with Crippen molar-refractivity contribution >= 4 is 29.6 Å². The highest BCUT2D eigenvalue weighted by Crippen LogP contribution is 2.25. The first-order valence-electron chi connectivity index (χ1n) is 5.85. The second-order valence-electron chi connectivity index (χ2n) is 3.78. The third kappa shape index (κ3) is 4.01. The zero-order valence-electron chi connectivity index (χ0n) is 10.2. The summed E-state index contributed by atoms with van der Waals surface area (Å²) in [4.78, 5) is 12.1. The van der Waals surface area contributed by atoms with Crippen molar-refractivity contribution in [1.82, 2.24) is 0 Å². The van der Waals surface area contributed by atoms with Gasteiger partial charge >= 0.3 is 0 Å². The molecule has 0 spiro atoms. The molecular formula is C15H13ClO2S. The van der Waals surface area contributed by atoms with Crippen LogP contribution in [0.4, 0.5) is 0 Å². The van der Waals surface area contributed by atoms with E-state index in [1.165, 1.54) is 4.90 Å². The number of thioether (sulfide) groups is 1. The van der Waals surface area contributed by atoms with E-state index in [4.69, 9.17) is 16.3 Å². The average molecular weight is 293 g/mol. The molecule has 0 aliphatic carbocycles. The molecule has 0 saturated heterocycles. The first-order chi connectivity index (χ1) is 9.31. The summed E-state index contributed by atoms with van der Waals surface area (Å²) < 4.78 is 5.59. The lowest BCUT2D eigenvalue weighted by atomic mass is 10.2. The molecular weight excluding hydrogens is 280 g/mol. The summed E-state index contributed by atoms with van der Waals surface area (Å²) in [6, 6.07) is 15.3. The number of carbonyl (C=O) groups excluding carboxylic acids is 1.